The lowest BCUT2D eigenvalue weighted by atomic mass is 10.2. The number of sulfonamides is 1. The number of aryl methyl sites for hydroxylation is 1. The molecule has 166 valence electrons. The van der Waals surface area contributed by atoms with Crippen molar-refractivity contribution >= 4 is 33.0 Å². The van der Waals surface area contributed by atoms with Crippen LogP contribution < -0.4 is 14.9 Å². The number of nitrogens with one attached hydrogen (secondary N) is 2. The Morgan fingerprint density at radius 3 is 2.31 bits per heavy atom. The average Bonchev–Trinajstić information content (AvgIpc) is 3.30. The minimum absolute atomic E-state index is 0.0405. The molecule has 8 heteroatoms. The number of halogens is 1. The first kappa shape index (κ1) is 21.8. The topological polar surface area (TPSA) is 78.5 Å². The van der Waals surface area contributed by atoms with Crippen LogP contribution in [-0.2, 0) is 10.0 Å². The maximum atomic E-state index is 14.5. The van der Waals surface area contributed by atoms with Gasteiger partial charge < -0.3 is 10.2 Å². The fraction of sp³-hybridized carbons (Fsp3) is 0.208. The van der Waals surface area contributed by atoms with Crippen LogP contribution in [-0.4, -0.2) is 27.4 Å². The summed E-state index contributed by atoms with van der Waals surface area (Å²) in [4.78, 5) is 14.6. The summed E-state index contributed by atoms with van der Waals surface area (Å²) in [6.07, 6.45) is 2.08. The molecule has 3 aromatic carbocycles. The summed E-state index contributed by atoms with van der Waals surface area (Å²) >= 11 is 0. The van der Waals surface area contributed by atoms with Gasteiger partial charge in [-0.15, -0.1) is 0 Å². The highest BCUT2D eigenvalue weighted by Crippen LogP contribution is 2.26. The zero-order valence-corrected chi connectivity index (χ0v) is 18.5. The summed E-state index contributed by atoms with van der Waals surface area (Å²) in [5.41, 5.74) is 2.42. The van der Waals surface area contributed by atoms with Gasteiger partial charge >= 0.3 is 0 Å². The Bertz CT molecular complexity index is 1240. The Morgan fingerprint density at radius 1 is 0.938 bits per heavy atom. The van der Waals surface area contributed by atoms with Crippen LogP contribution >= 0.6 is 0 Å². The fourth-order valence-electron chi connectivity index (χ4n) is 3.64. The van der Waals surface area contributed by atoms with Crippen molar-refractivity contribution in [3.63, 3.8) is 0 Å². The largest absolute Gasteiger partial charge is 0.369 e. The monoisotopic (exact) mass is 453 g/mol. The van der Waals surface area contributed by atoms with Gasteiger partial charge in [-0.2, -0.15) is 0 Å². The molecule has 6 nitrogen and oxygen atoms in total. The molecule has 0 radical (unpaired) electrons. The summed E-state index contributed by atoms with van der Waals surface area (Å²) in [6, 6.07) is 17.2. The number of hydrogen-bond acceptors (Lipinski definition) is 4. The van der Waals surface area contributed by atoms with Crippen LogP contribution in [0.25, 0.3) is 0 Å². The lowest BCUT2D eigenvalue weighted by molar-refractivity contribution is 0.102. The van der Waals surface area contributed by atoms with Gasteiger partial charge in [-0.1, -0.05) is 23.8 Å². The molecule has 1 amide bonds. The third kappa shape index (κ3) is 4.91. The van der Waals surface area contributed by atoms with Crippen LogP contribution in [0.2, 0.25) is 0 Å². The second-order valence-corrected chi connectivity index (χ2v) is 9.50. The molecule has 0 bridgehead atoms. The van der Waals surface area contributed by atoms with Crippen molar-refractivity contribution in [2.24, 2.45) is 0 Å². The van der Waals surface area contributed by atoms with Gasteiger partial charge in [-0.3, -0.25) is 9.52 Å². The van der Waals surface area contributed by atoms with Crippen LogP contribution in [0.4, 0.5) is 21.5 Å². The predicted octanol–water partition coefficient (Wildman–Crippen LogP) is 4.79. The highest BCUT2D eigenvalue weighted by molar-refractivity contribution is 7.92. The van der Waals surface area contributed by atoms with Crippen LogP contribution in [0.3, 0.4) is 0 Å². The van der Waals surface area contributed by atoms with E-state index < -0.39 is 21.7 Å². The van der Waals surface area contributed by atoms with E-state index in [0.717, 1.165) is 31.5 Å². The normalized spacial score (nSPS) is 13.8. The van der Waals surface area contributed by atoms with Gasteiger partial charge in [-0.25, -0.2) is 12.8 Å². The van der Waals surface area contributed by atoms with Crippen molar-refractivity contribution in [2.75, 3.05) is 28.0 Å². The van der Waals surface area contributed by atoms with Gasteiger partial charge in [0.15, 0.2) is 0 Å². The number of anilines is 3. The molecule has 1 saturated heterocycles. The molecule has 1 aliphatic rings. The van der Waals surface area contributed by atoms with Gasteiger partial charge in [0.2, 0.25) is 0 Å². The van der Waals surface area contributed by atoms with Crippen molar-refractivity contribution < 1.29 is 17.6 Å². The predicted molar refractivity (Wildman–Crippen MR) is 124 cm³/mol. The molecular weight excluding hydrogens is 429 g/mol. The van der Waals surface area contributed by atoms with Gasteiger partial charge in [0.25, 0.3) is 15.9 Å². The number of rotatable bonds is 6. The molecule has 0 unspecified atom stereocenters. The fourth-order valence-corrected chi connectivity index (χ4v) is 4.75. The Morgan fingerprint density at radius 2 is 1.62 bits per heavy atom. The van der Waals surface area contributed by atoms with Gasteiger partial charge in [0, 0.05) is 30.0 Å². The lowest BCUT2D eigenvalue weighted by Crippen LogP contribution is -2.19. The Hall–Kier alpha value is -3.39. The SMILES string of the molecule is Cc1ccc(NS(=O)(=O)c2cccc(C(=O)Nc3ccc(N4CCCC4)c(F)c3)c2)cc1. The van der Waals surface area contributed by atoms with Crippen molar-refractivity contribution in [2.45, 2.75) is 24.7 Å². The van der Waals surface area contributed by atoms with E-state index in [1.807, 2.05) is 11.8 Å². The number of hydrogen-bond donors (Lipinski definition) is 2. The van der Waals surface area contributed by atoms with Crippen molar-refractivity contribution in [1.29, 1.82) is 0 Å². The number of carbonyl (C=O) groups is 1. The maximum Gasteiger partial charge on any atom is 0.261 e. The molecule has 1 aliphatic heterocycles. The zero-order chi connectivity index (χ0) is 22.7. The summed E-state index contributed by atoms with van der Waals surface area (Å²) < 4.78 is 42.5. The number of benzene rings is 3. The minimum atomic E-state index is -3.87. The van der Waals surface area contributed by atoms with Crippen molar-refractivity contribution in [1.82, 2.24) is 0 Å². The first-order valence-corrected chi connectivity index (χ1v) is 11.9. The van der Waals surface area contributed by atoms with Crippen LogP contribution in [0.5, 0.6) is 0 Å². The van der Waals surface area contributed by atoms with Crippen LogP contribution in [0, 0.1) is 12.7 Å². The van der Waals surface area contributed by atoms with E-state index in [-0.39, 0.29) is 10.5 Å². The molecule has 0 aliphatic carbocycles. The standard InChI is InChI=1S/C24H24FN3O3S/c1-17-7-9-19(10-8-17)27-32(30,31)21-6-4-5-18(15-21)24(29)26-20-11-12-23(22(25)16-20)28-13-2-3-14-28/h4-12,15-16,27H,2-3,13-14H2,1H3,(H,26,29). The van der Waals surface area contributed by atoms with E-state index in [2.05, 4.69) is 10.0 Å². The zero-order valence-electron chi connectivity index (χ0n) is 17.6. The Balaban J connectivity index is 1.49. The second kappa shape index (κ2) is 9.00. The molecule has 0 saturated carbocycles. The van der Waals surface area contributed by atoms with Crippen LogP contribution in [0.15, 0.2) is 71.6 Å². The molecule has 2 N–H and O–H groups in total. The van der Waals surface area contributed by atoms with E-state index >= 15 is 0 Å². The van der Waals surface area contributed by atoms with Gasteiger partial charge in [0.05, 0.1) is 10.6 Å². The van der Waals surface area contributed by atoms with E-state index in [4.69, 9.17) is 0 Å². The molecule has 0 atom stereocenters. The van der Waals surface area contributed by atoms with Gasteiger partial charge in [-0.05, 0) is 68.3 Å². The summed E-state index contributed by atoms with van der Waals surface area (Å²) in [5.74, 6) is -0.922. The molecule has 0 aromatic heterocycles. The molecule has 32 heavy (non-hydrogen) atoms. The smallest absolute Gasteiger partial charge is 0.261 e. The summed E-state index contributed by atoms with van der Waals surface area (Å²) in [6.45, 7) is 3.55. The molecule has 3 aromatic rings. The van der Waals surface area contributed by atoms with E-state index in [1.54, 1.807) is 36.4 Å². The number of amides is 1. The average molecular weight is 454 g/mol. The quantitative estimate of drug-likeness (QED) is 0.563. The third-order valence-electron chi connectivity index (χ3n) is 5.36. The molecular formula is C24H24FN3O3S. The Labute approximate surface area is 187 Å². The van der Waals surface area contributed by atoms with E-state index in [9.17, 15) is 17.6 Å². The molecule has 1 fully saturated rings. The van der Waals surface area contributed by atoms with E-state index in [0.29, 0.717) is 17.1 Å². The second-order valence-electron chi connectivity index (χ2n) is 7.81. The van der Waals surface area contributed by atoms with Crippen LogP contribution in [0.1, 0.15) is 28.8 Å². The highest BCUT2D eigenvalue weighted by atomic mass is 32.2. The minimum Gasteiger partial charge on any atom is -0.369 e. The number of nitrogens with zero attached hydrogens (tertiary/aromatic N) is 1. The first-order chi connectivity index (χ1) is 15.3. The summed E-state index contributed by atoms with van der Waals surface area (Å²) in [5, 5.41) is 2.64. The molecule has 4 rings (SSSR count). The number of carbonyl (C=O) groups excluding carboxylic acids is 1. The third-order valence-corrected chi connectivity index (χ3v) is 6.74. The first-order valence-electron chi connectivity index (χ1n) is 10.4. The highest BCUT2D eigenvalue weighted by Gasteiger charge is 2.19. The van der Waals surface area contributed by atoms with Crippen molar-refractivity contribution in [3.8, 4) is 0 Å². The molecule has 1 heterocycles. The van der Waals surface area contributed by atoms with Gasteiger partial charge in [0.1, 0.15) is 5.82 Å². The van der Waals surface area contributed by atoms with Crippen molar-refractivity contribution in [3.05, 3.63) is 83.7 Å². The Kier molecular flexibility index (Phi) is 6.14. The lowest BCUT2D eigenvalue weighted by Gasteiger charge is -2.19. The molecule has 0 spiro atoms. The summed E-state index contributed by atoms with van der Waals surface area (Å²) in [7, 11) is -3.87. The maximum absolute atomic E-state index is 14.5. The van der Waals surface area contributed by atoms with E-state index in [1.165, 1.54) is 30.3 Å².